The van der Waals surface area contributed by atoms with Crippen LogP contribution in [0.2, 0.25) is 0 Å². The van der Waals surface area contributed by atoms with E-state index in [1.807, 2.05) is 0 Å². The second-order valence-corrected chi connectivity index (χ2v) is 2.53. The summed E-state index contributed by atoms with van der Waals surface area (Å²) in [4.78, 5) is 11.1. The lowest BCUT2D eigenvalue weighted by molar-refractivity contribution is 0.0960. The Balaban J connectivity index is 2.81. The predicted octanol–water partition coefficient (Wildman–Crippen LogP) is 1.19. The molecule has 1 aromatic rings. The fourth-order valence-electron chi connectivity index (χ4n) is 0.843. The molecule has 0 aliphatic carbocycles. The van der Waals surface area contributed by atoms with E-state index in [-0.39, 0.29) is 11.9 Å². The highest BCUT2D eigenvalue weighted by atomic mass is 35.5. The van der Waals surface area contributed by atoms with Gasteiger partial charge in [0.1, 0.15) is 0 Å². The van der Waals surface area contributed by atoms with Gasteiger partial charge in [0.15, 0.2) is 0 Å². The van der Waals surface area contributed by atoms with Gasteiger partial charge < -0.3 is 11.1 Å². The summed E-state index contributed by atoms with van der Waals surface area (Å²) in [5, 5.41) is 2.46. The van der Waals surface area contributed by atoms with Crippen LogP contribution in [0.3, 0.4) is 0 Å². The van der Waals surface area contributed by atoms with Crippen molar-refractivity contribution in [3.8, 4) is 0 Å². The van der Waals surface area contributed by atoms with Crippen molar-refractivity contribution in [2.75, 3.05) is 11.7 Å². The fraction of sp³-hybridized carbons (Fsp3) is 0.125. The Bertz CT molecular complexity index is 288. The van der Waals surface area contributed by atoms with Crippen LogP contribution in [0.25, 0.3) is 0 Å². The van der Waals surface area contributed by atoms with Crippen molar-refractivity contribution >= 4 is 23.2 Å². The van der Waals surface area contributed by atoms with Gasteiger partial charge in [0.25, 0.3) is 5.91 Å². The minimum absolute atomic E-state index is 0.105. The van der Waals surface area contributed by atoms with Gasteiger partial charge in [0.2, 0.25) is 0 Å². The van der Waals surface area contributed by atoms with Gasteiger partial charge in [0, 0.05) is 11.3 Å². The minimum atomic E-state index is -0.211. The van der Waals surface area contributed by atoms with Crippen molar-refractivity contribution in [3.63, 3.8) is 0 Å². The standard InChI is InChI=1S/C8H9ClN2O/c9-5-11-8(12)6-2-1-3-7(10)4-6/h1-4H,5,10H2,(H,11,12). The number of halogens is 1. The third kappa shape index (κ3) is 2.13. The van der Waals surface area contributed by atoms with Gasteiger partial charge >= 0.3 is 0 Å². The summed E-state index contributed by atoms with van der Waals surface area (Å²) in [5.74, 6) is -0.211. The minimum Gasteiger partial charge on any atom is -0.399 e. The van der Waals surface area contributed by atoms with Gasteiger partial charge in [-0.2, -0.15) is 0 Å². The Morgan fingerprint density at radius 3 is 2.92 bits per heavy atom. The first kappa shape index (κ1) is 8.87. The van der Waals surface area contributed by atoms with Gasteiger partial charge in [-0.05, 0) is 18.2 Å². The first-order valence-electron chi connectivity index (χ1n) is 3.43. The zero-order valence-corrected chi connectivity index (χ0v) is 7.14. The van der Waals surface area contributed by atoms with Gasteiger partial charge in [0.05, 0.1) is 6.00 Å². The van der Waals surface area contributed by atoms with Gasteiger partial charge in [-0.3, -0.25) is 4.79 Å². The van der Waals surface area contributed by atoms with E-state index in [1.54, 1.807) is 24.3 Å². The molecule has 0 saturated heterocycles. The van der Waals surface area contributed by atoms with E-state index in [0.717, 1.165) is 0 Å². The SMILES string of the molecule is Nc1cccc(C(=O)NCCl)c1. The van der Waals surface area contributed by atoms with Crippen molar-refractivity contribution < 1.29 is 4.79 Å². The molecular formula is C8H9ClN2O. The smallest absolute Gasteiger partial charge is 0.252 e. The molecule has 0 unspecified atom stereocenters. The molecule has 1 rings (SSSR count). The Kier molecular flexibility index (Phi) is 2.94. The molecule has 0 heterocycles. The number of nitrogen functional groups attached to an aromatic ring is 1. The summed E-state index contributed by atoms with van der Waals surface area (Å²) in [6.07, 6.45) is 0. The van der Waals surface area contributed by atoms with E-state index < -0.39 is 0 Å². The highest BCUT2D eigenvalue weighted by Gasteiger charge is 2.02. The summed E-state index contributed by atoms with van der Waals surface area (Å²) in [6, 6.07) is 6.82. The first-order chi connectivity index (χ1) is 5.74. The topological polar surface area (TPSA) is 55.1 Å². The molecule has 0 fully saturated rings. The Labute approximate surface area is 75.5 Å². The third-order valence-electron chi connectivity index (χ3n) is 1.38. The van der Waals surface area contributed by atoms with Crippen molar-refractivity contribution in [1.82, 2.24) is 5.32 Å². The number of hydrogen-bond donors (Lipinski definition) is 2. The maximum atomic E-state index is 11.1. The molecule has 1 aromatic carbocycles. The molecule has 12 heavy (non-hydrogen) atoms. The molecular weight excluding hydrogens is 176 g/mol. The molecule has 0 aromatic heterocycles. The maximum absolute atomic E-state index is 11.1. The Morgan fingerprint density at radius 2 is 2.33 bits per heavy atom. The molecule has 0 saturated carbocycles. The predicted molar refractivity (Wildman–Crippen MR) is 49.0 cm³/mol. The van der Waals surface area contributed by atoms with Gasteiger partial charge in [-0.15, -0.1) is 11.6 Å². The maximum Gasteiger partial charge on any atom is 0.252 e. The van der Waals surface area contributed by atoms with E-state index in [4.69, 9.17) is 17.3 Å². The second kappa shape index (κ2) is 3.97. The van der Waals surface area contributed by atoms with Gasteiger partial charge in [-0.1, -0.05) is 6.07 Å². The lowest BCUT2D eigenvalue weighted by Gasteiger charge is -2.01. The normalized spacial score (nSPS) is 9.42. The van der Waals surface area contributed by atoms with Crippen LogP contribution in [0.5, 0.6) is 0 Å². The van der Waals surface area contributed by atoms with Crippen molar-refractivity contribution in [1.29, 1.82) is 0 Å². The van der Waals surface area contributed by atoms with Crippen LogP contribution in [-0.4, -0.2) is 11.9 Å². The average Bonchev–Trinajstić information content (AvgIpc) is 2.05. The number of benzene rings is 1. The molecule has 3 N–H and O–H groups in total. The zero-order chi connectivity index (χ0) is 8.97. The molecule has 0 spiro atoms. The van der Waals surface area contributed by atoms with E-state index >= 15 is 0 Å². The molecule has 4 heteroatoms. The monoisotopic (exact) mass is 184 g/mol. The number of anilines is 1. The Morgan fingerprint density at radius 1 is 1.58 bits per heavy atom. The largest absolute Gasteiger partial charge is 0.399 e. The van der Waals surface area contributed by atoms with Crippen molar-refractivity contribution in [3.05, 3.63) is 29.8 Å². The fourth-order valence-corrected chi connectivity index (χ4v) is 0.964. The molecule has 3 nitrogen and oxygen atoms in total. The van der Waals surface area contributed by atoms with Crippen LogP contribution in [-0.2, 0) is 0 Å². The lowest BCUT2D eigenvalue weighted by Crippen LogP contribution is -2.21. The number of amides is 1. The number of nitrogens with one attached hydrogen (secondary N) is 1. The zero-order valence-electron chi connectivity index (χ0n) is 6.38. The highest BCUT2D eigenvalue weighted by Crippen LogP contribution is 2.05. The molecule has 0 aliphatic heterocycles. The van der Waals surface area contributed by atoms with Crippen molar-refractivity contribution in [2.45, 2.75) is 0 Å². The highest BCUT2D eigenvalue weighted by molar-refractivity contribution is 6.19. The summed E-state index contributed by atoms with van der Waals surface area (Å²) >= 11 is 5.32. The lowest BCUT2D eigenvalue weighted by atomic mass is 10.2. The second-order valence-electron chi connectivity index (χ2n) is 2.26. The van der Waals surface area contributed by atoms with Crippen LogP contribution >= 0.6 is 11.6 Å². The van der Waals surface area contributed by atoms with Crippen LogP contribution in [0.15, 0.2) is 24.3 Å². The number of alkyl halides is 1. The van der Waals surface area contributed by atoms with Crippen LogP contribution in [0.1, 0.15) is 10.4 Å². The number of nitrogens with two attached hydrogens (primary N) is 1. The first-order valence-corrected chi connectivity index (χ1v) is 3.97. The summed E-state index contributed by atoms with van der Waals surface area (Å²) in [5.41, 5.74) is 6.57. The number of rotatable bonds is 2. The molecule has 0 bridgehead atoms. The van der Waals surface area contributed by atoms with E-state index in [1.165, 1.54) is 0 Å². The molecule has 0 aliphatic rings. The van der Waals surface area contributed by atoms with E-state index in [9.17, 15) is 4.79 Å². The van der Waals surface area contributed by atoms with Crippen LogP contribution < -0.4 is 11.1 Å². The average molecular weight is 185 g/mol. The van der Waals surface area contributed by atoms with Crippen LogP contribution in [0, 0.1) is 0 Å². The van der Waals surface area contributed by atoms with Gasteiger partial charge in [-0.25, -0.2) is 0 Å². The van der Waals surface area contributed by atoms with Crippen LogP contribution in [0.4, 0.5) is 5.69 Å². The molecule has 0 atom stereocenters. The molecule has 64 valence electrons. The number of carbonyl (C=O) groups is 1. The molecule has 1 amide bonds. The number of hydrogen-bond acceptors (Lipinski definition) is 2. The van der Waals surface area contributed by atoms with Crippen molar-refractivity contribution in [2.24, 2.45) is 0 Å². The number of carbonyl (C=O) groups excluding carboxylic acids is 1. The summed E-state index contributed by atoms with van der Waals surface area (Å²) in [7, 11) is 0. The van der Waals surface area contributed by atoms with E-state index in [0.29, 0.717) is 11.3 Å². The van der Waals surface area contributed by atoms with E-state index in [2.05, 4.69) is 5.32 Å². The third-order valence-corrected chi connectivity index (χ3v) is 1.51. The molecule has 0 radical (unpaired) electrons. The summed E-state index contributed by atoms with van der Waals surface area (Å²) in [6.45, 7) is 0. The Hall–Kier alpha value is -1.22. The summed E-state index contributed by atoms with van der Waals surface area (Å²) < 4.78 is 0. The quantitative estimate of drug-likeness (QED) is 0.412.